The van der Waals surface area contributed by atoms with Crippen molar-refractivity contribution in [3.05, 3.63) is 34.8 Å². The lowest BCUT2D eigenvalue weighted by Crippen LogP contribution is -2.35. The van der Waals surface area contributed by atoms with Crippen molar-refractivity contribution >= 4 is 11.0 Å². The van der Waals surface area contributed by atoms with Crippen LogP contribution in [0.2, 0.25) is 0 Å². The third-order valence-corrected chi connectivity index (χ3v) is 3.31. The van der Waals surface area contributed by atoms with Gasteiger partial charge in [-0.3, -0.25) is 0 Å². The van der Waals surface area contributed by atoms with E-state index in [1.807, 2.05) is 12.1 Å². The number of fused-ring (bicyclic) bond motifs is 1. The highest BCUT2D eigenvalue weighted by atomic mass is 19.1. The molecule has 0 radical (unpaired) electrons. The molecule has 0 aliphatic carbocycles. The first-order valence-electron chi connectivity index (χ1n) is 6.78. The summed E-state index contributed by atoms with van der Waals surface area (Å²) in [7, 11) is 0. The molecule has 3 heteroatoms. The van der Waals surface area contributed by atoms with Crippen LogP contribution in [-0.4, -0.2) is 5.54 Å². The Morgan fingerprint density at radius 3 is 2.53 bits per heavy atom. The van der Waals surface area contributed by atoms with Crippen LogP contribution < -0.4 is 5.32 Å². The van der Waals surface area contributed by atoms with Crippen molar-refractivity contribution in [3.8, 4) is 0 Å². The van der Waals surface area contributed by atoms with Gasteiger partial charge in [0.05, 0.1) is 6.54 Å². The summed E-state index contributed by atoms with van der Waals surface area (Å²) in [6, 6.07) is 3.77. The van der Waals surface area contributed by atoms with Crippen molar-refractivity contribution in [1.29, 1.82) is 0 Å². The van der Waals surface area contributed by atoms with Crippen LogP contribution in [0.5, 0.6) is 0 Å². The van der Waals surface area contributed by atoms with Crippen molar-refractivity contribution < 1.29 is 8.81 Å². The molecule has 0 atom stereocenters. The summed E-state index contributed by atoms with van der Waals surface area (Å²) in [5.74, 6) is 0.603. The first-order chi connectivity index (χ1) is 8.83. The van der Waals surface area contributed by atoms with E-state index in [4.69, 9.17) is 4.42 Å². The number of furan rings is 1. The van der Waals surface area contributed by atoms with Gasteiger partial charge in [-0.15, -0.1) is 0 Å². The van der Waals surface area contributed by atoms with E-state index in [-0.39, 0.29) is 11.4 Å². The summed E-state index contributed by atoms with van der Waals surface area (Å²) in [4.78, 5) is 0. The summed E-state index contributed by atoms with van der Waals surface area (Å²) >= 11 is 0. The van der Waals surface area contributed by atoms with Crippen molar-refractivity contribution in [2.24, 2.45) is 0 Å². The van der Waals surface area contributed by atoms with Gasteiger partial charge in [-0.25, -0.2) is 4.39 Å². The first kappa shape index (κ1) is 14.1. The molecule has 0 aliphatic rings. The third-order valence-electron chi connectivity index (χ3n) is 3.31. The molecule has 2 rings (SSSR count). The van der Waals surface area contributed by atoms with Crippen LogP contribution in [0, 0.1) is 12.7 Å². The fraction of sp³-hybridized carbons (Fsp3) is 0.500. The molecule has 19 heavy (non-hydrogen) atoms. The predicted molar refractivity (Wildman–Crippen MR) is 76.9 cm³/mol. The maximum atomic E-state index is 14.1. The normalized spacial score (nSPS) is 12.3. The highest BCUT2D eigenvalue weighted by Crippen LogP contribution is 2.30. The van der Waals surface area contributed by atoms with Crippen LogP contribution in [0.1, 0.15) is 44.6 Å². The molecule has 104 valence electrons. The van der Waals surface area contributed by atoms with Gasteiger partial charge in [0.25, 0.3) is 0 Å². The van der Waals surface area contributed by atoms with Gasteiger partial charge in [0.15, 0.2) is 11.4 Å². The van der Waals surface area contributed by atoms with Crippen molar-refractivity contribution in [3.63, 3.8) is 0 Å². The van der Waals surface area contributed by atoms with Gasteiger partial charge in [-0.2, -0.15) is 0 Å². The Kier molecular flexibility index (Phi) is 3.68. The van der Waals surface area contributed by atoms with Crippen LogP contribution in [0.15, 0.2) is 16.5 Å². The molecule has 1 heterocycles. The summed E-state index contributed by atoms with van der Waals surface area (Å²) in [5.41, 5.74) is 2.13. The number of hydrogen-bond acceptors (Lipinski definition) is 2. The SMILES string of the molecule is CCc1c(CNC(C)(C)C)oc2c(F)c(C)ccc12. The summed E-state index contributed by atoms with van der Waals surface area (Å²) in [6.45, 7) is 10.8. The van der Waals surface area contributed by atoms with Crippen LogP contribution >= 0.6 is 0 Å². The van der Waals surface area contributed by atoms with E-state index in [1.165, 1.54) is 0 Å². The lowest BCUT2D eigenvalue weighted by atomic mass is 10.1. The van der Waals surface area contributed by atoms with E-state index in [2.05, 4.69) is 33.0 Å². The topological polar surface area (TPSA) is 25.2 Å². The van der Waals surface area contributed by atoms with Crippen molar-refractivity contribution in [1.82, 2.24) is 5.32 Å². The predicted octanol–water partition coefficient (Wildman–Crippen LogP) is 4.33. The number of nitrogens with one attached hydrogen (secondary N) is 1. The number of rotatable bonds is 3. The zero-order chi connectivity index (χ0) is 14.2. The average molecular weight is 263 g/mol. The highest BCUT2D eigenvalue weighted by Gasteiger charge is 2.18. The second-order valence-corrected chi connectivity index (χ2v) is 6.03. The number of hydrogen-bond donors (Lipinski definition) is 1. The Hall–Kier alpha value is -1.35. The van der Waals surface area contributed by atoms with E-state index < -0.39 is 0 Å². The first-order valence-corrected chi connectivity index (χ1v) is 6.78. The molecular formula is C16H22FNO. The summed E-state index contributed by atoms with van der Waals surface area (Å²) in [5, 5.41) is 4.29. The molecule has 0 fully saturated rings. The van der Waals surface area contributed by atoms with E-state index >= 15 is 0 Å². The maximum Gasteiger partial charge on any atom is 0.170 e. The molecule has 0 aliphatic heterocycles. The Morgan fingerprint density at radius 2 is 1.95 bits per heavy atom. The number of halogens is 1. The molecular weight excluding hydrogens is 241 g/mol. The zero-order valence-electron chi connectivity index (χ0n) is 12.4. The van der Waals surface area contributed by atoms with E-state index in [0.29, 0.717) is 17.7 Å². The molecule has 0 unspecified atom stereocenters. The second kappa shape index (κ2) is 4.97. The molecule has 1 N–H and O–H groups in total. The minimum Gasteiger partial charge on any atom is -0.456 e. The van der Waals surface area contributed by atoms with Gasteiger partial charge >= 0.3 is 0 Å². The standard InChI is InChI=1S/C16H22FNO/c1-6-11-12-8-7-10(2)14(17)15(12)19-13(11)9-18-16(3,4)5/h7-8,18H,6,9H2,1-5H3. The Bertz CT molecular complexity index is 593. The van der Waals surface area contributed by atoms with Gasteiger partial charge < -0.3 is 9.73 Å². The fourth-order valence-electron chi connectivity index (χ4n) is 2.20. The lowest BCUT2D eigenvalue weighted by Gasteiger charge is -2.19. The van der Waals surface area contributed by atoms with E-state index in [1.54, 1.807) is 6.92 Å². The zero-order valence-corrected chi connectivity index (χ0v) is 12.4. The number of benzene rings is 1. The van der Waals surface area contributed by atoms with E-state index in [9.17, 15) is 4.39 Å². The molecule has 2 aromatic rings. The molecule has 0 saturated carbocycles. The molecule has 0 bridgehead atoms. The van der Waals surface area contributed by atoms with Crippen molar-refractivity contribution in [2.45, 2.75) is 53.1 Å². The van der Waals surface area contributed by atoms with Crippen LogP contribution in [0.4, 0.5) is 4.39 Å². The molecule has 2 nitrogen and oxygen atoms in total. The van der Waals surface area contributed by atoms with Gasteiger partial charge in [0.2, 0.25) is 0 Å². The summed E-state index contributed by atoms with van der Waals surface area (Å²) < 4.78 is 19.8. The van der Waals surface area contributed by atoms with Gasteiger partial charge in [-0.05, 0) is 39.7 Å². The second-order valence-electron chi connectivity index (χ2n) is 6.03. The molecule has 0 saturated heterocycles. The van der Waals surface area contributed by atoms with E-state index in [0.717, 1.165) is 23.1 Å². The van der Waals surface area contributed by atoms with Crippen LogP contribution in [0.3, 0.4) is 0 Å². The average Bonchev–Trinajstić information content (AvgIpc) is 2.69. The molecule has 0 amide bonds. The van der Waals surface area contributed by atoms with Gasteiger partial charge in [-0.1, -0.05) is 19.1 Å². The Labute approximate surface area is 114 Å². The molecule has 1 aromatic carbocycles. The van der Waals surface area contributed by atoms with Crippen molar-refractivity contribution in [2.75, 3.05) is 0 Å². The Balaban J connectivity index is 2.47. The quantitative estimate of drug-likeness (QED) is 0.891. The molecule has 1 aromatic heterocycles. The van der Waals surface area contributed by atoms with Crippen LogP contribution in [-0.2, 0) is 13.0 Å². The van der Waals surface area contributed by atoms with Gasteiger partial charge in [0, 0.05) is 16.5 Å². The monoisotopic (exact) mass is 263 g/mol. The largest absolute Gasteiger partial charge is 0.456 e. The van der Waals surface area contributed by atoms with Crippen LogP contribution in [0.25, 0.3) is 11.0 Å². The minimum atomic E-state index is -0.241. The third kappa shape index (κ3) is 2.81. The maximum absolute atomic E-state index is 14.1. The van der Waals surface area contributed by atoms with Gasteiger partial charge in [0.1, 0.15) is 5.76 Å². The summed E-state index contributed by atoms with van der Waals surface area (Å²) in [6.07, 6.45) is 0.844. The highest BCUT2D eigenvalue weighted by molar-refractivity contribution is 5.83. The lowest BCUT2D eigenvalue weighted by molar-refractivity contribution is 0.391. The minimum absolute atomic E-state index is 0.0123. The Morgan fingerprint density at radius 1 is 1.26 bits per heavy atom. The fourth-order valence-corrected chi connectivity index (χ4v) is 2.20. The smallest absolute Gasteiger partial charge is 0.170 e. The molecule has 0 spiro atoms. The number of aryl methyl sites for hydroxylation is 2.